The predicted octanol–water partition coefficient (Wildman–Crippen LogP) is 1.35. The molecule has 2 heteroatoms. The third kappa shape index (κ3) is 3.17. The molecule has 58 valence electrons. The molecule has 0 fully saturated rings. The van der Waals surface area contributed by atoms with Gasteiger partial charge in [0.25, 0.3) is 0 Å². The number of rotatable bonds is 3. The topological polar surface area (TPSA) is 52.0 Å². The summed E-state index contributed by atoms with van der Waals surface area (Å²) < 4.78 is 0. The zero-order valence-corrected chi connectivity index (χ0v) is 6.67. The summed E-state index contributed by atoms with van der Waals surface area (Å²) in [4.78, 5) is 0. The molecule has 1 unspecified atom stereocenters. The van der Waals surface area contributed by atoms with Gasteiger partial charge in [0.15, 0.2) is 0 Å². The number of hydrogen-bond donors (Lipinski definition) is 2. The van der Waals surface area contributed by atoms with Crippen LogP contribution in [0.4, 0.5) is 0 Å². The molecule has 0 bridgehead atoms. The van der Waals surface area contributed by atoms with Crippen molar-refractivity contribution in [3.05, 3.63) is 24.0 Å². The first-order valence-electron chi connectivity index (χ1n) is 3.56. The van der Waals surface area contributed by atoms with Gasteiger partial charge in [-0.2, -0.15) is 0 Å². The second-order valence-corrected chi connectivity index (χ2v) is 2.36. The average Bonchev–Trinajstić information content (AvgIpc) is 1.98. The molecule has 1 atom stereocenters. The van der Waals surface area contributed by atoms with Gasteiger partial charge >= 0.3 is 0 Å². The lowest BCUT2D eigenvalue weighted by atomic mass is 10.1. The van der Waals surface area contributed by atoms with Crippen molar-refractivity contribution in [2.45, 2.75) is 20.3 Å². The molecule has 0 heterocycles. The summed E-state index contributed by atoms with van der Waals surface area (Å²) in [5.41, 5.74) is 11.7. The minimum Gasteiger partial charge on any atom is -0.405 e. The van der Waals surface area contributed by atoms with Crippen molar-refractivity contribution in [1.82, 2.24) is 0 Å². The second kappa shape index (κ2) is 4.91. The van der Waals surface area contributed by atoms with Crippen LogP contribution in [0.1, 0.15) is 20.3 Å². The van der Waals surface area contributed by atoms with Crippen LogP contribution in [0.3, 0.4) is 0 Å². The standard InChI is InChI=1S/C8H16N2/c1-3-7(2)8(10)5-4-6-9/h4-7H,3,9-10H2,1-2H3/b6-4-,8-5-. The van der Waals surface area contributed by atoms with Gasteiger partial charge in [0, 0.05) is 5.70 Å². The zero-order valence-electron chi connectivity index (χ0n) is 6.67. The summed E-state index contributed by atoms with van der Waals surface area (Å²) in [7, 11) is 0. The van der Waals surface area contributed by atoms with Crippen molar-refractivity contribution >= 4 is 0 Å². The Morgan fingerprint density at radius 3 is 2.60 bits per heavy atom. The molecular formula is C8H16N2. The van der Waals surface area contributed by atoms with Gasteiger partial charge in [0.2, 0.25) is 0 Å². The molecule has 0 amide bonds. The number of allylic oxidation sites excluding steroid dienone is 3. The van der Waals surface area contributed by atoms with Crippen molar-refractivity contribution in [3.8, 4) is 0 Å². The smallest absolute Gasteiger partial charge is 0.0110 e. The molecule has 0 aliphatic rings. The van der Waals surface area contributed by atoms with Crippen molar-refractivity contribution in [1.29, 1.82) is 0 Å². The van der Waals surface area contributed by atoms with Crippen molar-refractivity contribution in [2.75, 3.05) is 0 Å². The third-order valence-corrected chi connectivity index (χ3v) is 1.58. The highest BCUT2D eigenvalue weighted by molar-refractivity contribution is 5.10. The first-order valence-corrected chi connectivity index (χ1v) is 3.56. The van der Waals surface area contributed by atoms with E-state index >= 15 is 0 Å². The van der Waals surface area contributed by atoms with E-state index in [1.54, 1.807) is 6.08 Å². The van der Waals surface area contributed by atoms with E-state index in [-0.39, 0.29) is 0 Å². The average molecular weight is 140 g/mol. The Hall–Kier alpha value is -0.920. The molecule has 0 spiro atoms. The Bertz CT molecular complexity index is 136. The third-order valence-electron chi connectivity index (χ3n) is 1.58. The summed E-state index contributed by atoms with van der Waals surface area (Å²) in [6.07, 6.45) is 6.14. The maximum Gasteiger partial charge on any atom is 0.0110 e. The van der Waals surface area contributed by atoms with E-state index in [2.05, 4.69) is 13.8 Å². The lowest BCUT2D eigenvalue weighted by Gasteiger charge is -2.06. The van der Waals surface area contributed by atoms with Crippen molar-refractivity contribution < 1.29 is 0 Å². The van der Waals surface area contributed by atoms with Crippen LogP contribution in [0.15, 0.2) is 24.0 Å². The molecule has 0 aromatic heterocycles. The highest BCUT2D eigenvalue weighted by Crippen LogP contribution is 2.07. The van der Waals surface area contributed by atoms with Gasteiger partial charge in [-0.3, -0.25) is 0 Å². The van der Waals surface area contributed by atoms with E-state index in [0.717, 1.165) is 12.1 Å². The highest BCUT2D eigenvalue weighted by Gasteiger charge is 1.98. The molecule has 10 heavy (non-hydrogen) atoms. The molecule has 0 rings (SSSR count). The first-order chi connectivity index (χ1) is 4.72. The van der Waals surface area contributed by atoms with E-state index in [0.29, 0.717) is 5.92 Å². The molecule has 0 aromatic carbocycles. The van der Waals surface area contributed by atoms with Crippen LogP contribution in [-0.4, -0.2) is 0 Å². The quantitative estimate of drug-likeness (QED) is 0.581. The van der Waals surface area contributed by atoms with E-state index in [1.165, 1.54) is 6.20 Å². The zero-order chi connectivity index (χ0) is 7.98. The van der Waals surface area contributed by atoms with Crippen LogP contribution in [0.5, 0.6) is 0 Å². The Balaban J connectivity index is 3.91. The number of nitrogens with two attached hydrogens (primary N) is 2. The molecule has 0 saturated carbocycles. The lowest BCUT2D eigenvalue weighted by Crippen LogP contribution is -2.06. The lowest BCUT2D eigenvalue weighted by molar-refractivity contribution is 0.648. The predicted molar refractivity (Wildman–Crippen MR) is 45.1 cm³/mol. The van der Waals surface area contributed by atoms with Crippen molar-refractivity contribution in [3.63, 3.8) is 0 Å². The Morgan fingerprint density at radius 1 is 1.60 bits per heavy atom. The summed E-state index contributed by atoms with van der Waals surface area (Å²) >= 11 is 0. The minimum absolute atomic E-state index is 0.455. The largest absolute Gasteiger partial charge is 0.405 e. The Kier molecular flexibility index (Phi) is 4.46. The first kappa shape index (κ1) is 9.08. The fraction of sp³-hybridized carbons (Fsp3) is 0.500. The molecule has 4 N–H and O–H groups in total. The van der Waals surface area contributed by atoms with Crippen molar-refractivity contribution in [2.24, 2.45) is 17.4 Å². The SMILES string of the molecule is CCC(C)/C(N)=C/C=C\N. The van der Waals surface area contributed by atoms with E-state index < -0.39 is 0 Å². The molecule has 0 saturated heterocycles. The van der Waals surface area contributed by atoms with E-state index in [9.17, 15) is 0 Å². The van der Waals surface area contributed by atoms with E-state index in [1.807, 2.05) is 6.08 Å². The highest BCUT2D eigenvalue weighted by atomic mass is 14.6. The molecule has 0 aliphatic heterocycles. The fourth-order valence-corrected chi connectivity index (χ4v) is 0.567. The van der Waals surface area contributed by atoms with Gasteiger partial charge in [0.1, 0.15) is 0 Å². The molecule has 0 aromatic rings. The molecule has 0 aliphatic carbocycles. The van der Waals surface area contributed by atoms with Crippen LogP contribution in [0.2, 0.25) is 0 Å². The summed E-state index contributed by atoms with van der Waals surface area (Å²) in [5, 5.41) is 0. The Labute approximate surface area is 62.6 Å². The monoisotopic (exact) mass is 140 g/mol. The van der Waals surface area contributed by atoms with Gasteiger partial charge in [-0.1, -0.05) is 13.8 Å². The minimum atomic E-state index is 0.455. The number of hydrogen-bond acceptors (Lipinski definition) is 2. The molecule has 2 nitrogen and oxygen atoms in total. The van der Waals surface area contributed by atoms with Gasteiger partial charge < -0.3 is 11.5 Å². The maximum atomic E-state index is 5.67. The summed E-state index contributed by atoms with van der Waals surface area (Å²) in [5.74, 6) is 0.455. The van der Waals surface area contributed by atoms with Gasteiger partial charge in [-0.05, 0) is 30.7 Å². The summed E-state index contributed by atoms with van der Waals surface area (Å²) in [6, 6.07) is 0. The molecular weight excluding hydrogens is 124 g/mol. The van der Waals surface area contributed by atoms with Gasteiger partial charge in [-0.25, -0.2) is 0 Å². The van der Waals surface area contributed by atoms with Gasteiger partial charge in [-0.15, -0.1) is 0 Å². The van der Waals surface area contributed by atoms with Crippen LogP contribution in [0, 0.1) is 5.92 Å². The second-order valence-electron chi connectivity index (χ2n) is 2.36. The summed E-state index contributed by atoms with van der Waals surface area (Å²) in [6.45, 7) is 4.20. The van der Waals surface area contributed by atoms with Crippen LogP contribution >= 0.6 is 0 Å². The fourth-order valence-electron chi connectivity index (χ4n) is 0.567. The Morgan fingerprint density at radius 2 is 2.20 bits per heavy atom. The van der Waals surface area contributed by atoms with E-state index in [4.69, 9.17) is 11.5 Å². The normalized spacial score (nSPS) is 16.0. The maximum absolute atomic E-state index is 5.67. The van der Waals surface area contributed by atoms with Crippen LogP contribution < -0.4 is 11.5 Å². The van der Waals surface area contributed by atoms with Gasteiger partial charge in [0.05, 0.1) is 0 Å². The van der Waals surface area contributed by atoms with Crippen LogP contribution in [-0.2, 0) is 0 Å². The van der Waals surface area contributed by atoms with Crippen LogP contribution in [0.25, 0.3) is 0 Å². The molecule has 0 radical (unpaired) electrons.